The number of benzene rings is 2. The molecule has 0 aliphatic heterocycles. The molecule has 0 fully saturated rings. The molecule has 0 bridgehead atoms. The fourth-order valence-corrected chi connectivity index (χ4v) is 2.54. The van der Waals surface area contributed by atoms with Crippen LogP contribution in [0.2, 0.25) is 0 Å². The SMILES string of the molecule is CCc1ccc(C#CC(=O)c2cn(C)c3ccccc23)cc1. The Labute approximate surface area is 130 Å². The van der Waals surface area contributed by atoms with E-state index in [2.05, 4.69) is 18.8 Å². The van der Waals surface area contributed by atoms with Crippen LogP contribution in [-0.4, -0.2) is 10.4 Å². The number of hydrogen-bond donors (Lipinski definition) is 0. The highest BCUT2D eigenvalue weighted by molar-refractivity contribution is 6.16. The van der Waals surface area contributed by atoms with E-state index < -0.39 is 0 Å². The number of aryl methyl sites for hydroxylation is 2. The lowest BCUT2D eigenvalue weighted by Gasteiger charge is -1.95. The van der Waals surface area contributed by atoms with Crippen molar-refractivity contribution in [2.75, 3.05) is 0 Å². The summed E-state index contributed by atoms with van der Waals surface area (Å²) < 4.78 is 1.96. The Balaban J connectivity index is 1.92. The largest absolute Gasteiger partial charge is 0.350 e. The van der Waals surface area contributed by atoms with Crippen LogP contribution in [0.3, 0.4) is 0 Å². The van der Waals surface area contributed by atoms with E-state index >= 15 is 0 Å². The molecule has 2 heteroatoms. The van der Waals surface area contributed by atoms with Gasteiger partial charge in [-0.25, -0.2) is 0 Å². The van der Waals surface area contributed by atoms with Crippen molar-refractivity contribution in [2.45, 2.75) is 13.3 Å². The van der Waals surface area contributed by atoms with Gasteiger partial charge in [0, 0.05) is 29.7 Å². The summed E-state index contributed by atoms with van der Waals surface area (Å²) in [5.74, 6) is 5.57. The van der Waals surface area contributed by atoms with Crippen LogP contribution in [-0.2, 0) is 13.5 Å². The predicted molar refractivity (Wildman–Crippen MR) is 89.9 cm³/mol. The number of ketones is 1. The zero-order valence-corrected chi connectivity index (χ0v) is 12.8. The van der Waals surface area contributed by atoms with Crippen molar-refractivity contribution in [3.05, 3.63) is 71.4 Å². The van der Waals surface area contributed by atoms with Crippen molar-refractivity contribution in [1.29, 1.82) is 0 Å². The van der Waals surface area contributed by atoms with Crippen LogP contribution in [0.15, 0.2) is 54.7 Å². The second-order valence-corrected chi connectivity index (χ2v) is 5.30. The third kappa shape index (κ3) is 2.66. The van der Waals surface area contributed by atoms with Crippen molar-refractivity contribution in [3.8, 4) is 11.8 Å². The molecule has 22 heavy (non-hydrogen) atoms. The molecule has 0 radical (unpaired) electrons. The lowest BCUT2D eigenvalue weighted by molar-refractivity contribution is 0.105. The normalized spacial score (nSPS) is 10.3. The van der Waals surface area contributed by atoms with Crippen molar-refractivity contribution in [3.63, 3.8) is 0 Å². The van der Waals surface area contributed by atoms with Gasteiger partial charge >= 0.3 is 0 Å². The van der Waals surface area contributed by atoms with Gasteiger partial charge in [-0.2, -0.15) is 0 Å². The molecule has 0 amide bonds. The first-order chi connectivity index (χ1) is 10.7. The number of rotatable bonds is 2. The lowest BCUT2D eigenvalue weighted by Crippen LogP contribution is -1.93. The van der Waals surface area contributed by atoms with Gasteiger partial charge in [-0.05, 0) is 36.1 Å². The van der Waals surface area contributed by atoms with Crippen LogP contribution < -0.4 is 0 Å². The minimum Gasteiger partial charge on any atom is -0.350 e. The van der Waals surface area contributed by atoms with Crippen molar-refractivity contribution in [1.82, 2.24) is 4.57 Å². The summed E-state index contributed by atoms with van der Waals surface area (Å²) in [6, 6.07) is 15.9. The number of hydrogen-bond acceptors (Lipinski definition) is 1. The Morgan fingerprint density at radius 1 is 1.09 bits per heavy atom. The van der Waals surface area contributed by atoms with Crippen molar-refractivity contribution < 1.29 is 4.79 Å². The van der Waals surface area contributed by atoms with E-state index in [1.54, 1.807) is 0 Å². The van der Waals surface area contributed by atoms with E-state index in [-0.39, 0.29) is 5.78 Å². The van der Waals surface area contributed by atoms with Gasteiger partial charge in [-0.15, -0.1) is 0 Å². The molecule has 0 atom stereocenters. The Morgan fingerprint density at radius 3 is 2.55 bits per heavy atom. The van der Waals surface area contributed by atoms with E-state index in [0.717, 1.165) is 22.9 Å². The van der Waals surface area contributed by atoms with E-state index in [0.29, 0.717) is 5.56 Å². The smallest absolute Gasteiger partial charge is 0.238 e. The van der Waals surface area contributed by atoms with Crippen molar-refractivity contribution in [2.24, 2.45) is 7.05 Å². The van der Waals surface area contributed by atoms with E-state index in [1.807, 2.05) is 66.3 Å². The maximum Gasteiger partial charge on any atom is 0.238 e. The predicted octanol–water partition coefficient (Wildman–Crippen LogP) is 3.98. The highest BCUT2D eigenvalue weighted by atomic mass is 16.1. The molecule has 108 valence electrons. The number of nitrogens with zero attached hydrogens (tertiary/aromatic N) is 1. The molecule has 0 unspecified atom stereocenters. The average Bonchev–Trinajstić information content (AvgIpc) is 2.91. The number of aromatic nitrogens is 1. The number of Topliss-reactive ketones (excluding diaryl/α,β-unsaturated/α-hetero) is 1. The molecular formula is C20H17NO. The summed E-state index contributed by atoms with van der Waals surface area (Å²) in [7, 11) is 1.94. The highest BCUT2D eigenvalue weighted by Crippen LogP contribution is 2.20. The molecule has 0 aliphatic carbocycles. The fourth-order valence-electron chi connectivity index (χ4n) is 2.54. The van der Waals surface area contributed by atoms with Crippen molar-refractivity contribution >= 4 is 16.7 Å². The summed E-state index contributed by atoms with van der Waals surface area (Å²) in [5.41, 5.74) is 3.84. The Kier molecular flexibility index (Phi) is 3.80. The Bertz CT molecular complexity index is 889. The van der Waals surface area contributed by atoms with Gasteiger partial charge in [-0.3, -0.25) is 4.79 Å². The van der Waals surface area contributed by atoms with Gasteiger partial charge in [0.05, 0.1) is 5.56 Å². The summed E-state index contributed by atoms with van der Waals surface area (Å²) in [6.45, 7) is 2.12. The van der Waals surface area contributed by atoms with Crippen LogP contribution in [0.25, 0.3) is 10.9 Å². The van der Waals surface area contributed by atoms with Gasteiger partial charge in [0.1, 0.15) is 0 Å². The molecule has 0 saturated heterocycles. The highest BCUT2D eigenvalue weighted by Gasteiger charge is 2.11. The van der Waals surface area contributed by atoms with Crippen LogP contribution in [0.1, 0.15) is 28.4 Å². The first-order valence-electron chi connectivity index (χ1n) is 7.38. The topological polar surface area (TPSA) is 22.0 Å². The summed E-state index contributed by atoms with van der Waals surface area (Å²) in [5, 5.41) is 0.950. The quantitative estimate of drug-likeness (QED) is 0.516. The van der Waals surface area contributed by atoms with Gasteiger partial charge in [0.2, 0.25) is 5.78 Å². The summed E-state index contributed by atoms with van der Waals surface area (Å²) >= 11 is 0. The van der Waals surface area contributed by atoms with E-state index in [4.69, 9.17) is 0 Å². The first kappa shape index (κ1) is 14.2. The second-order valence-electron chi connectivity index (χ2n) is 5.30. The number of fused-ring (bicyclic) bond motifs is 1. The third-order valence-electron chi connectivity index (χ3n) is 3.82. The number of para-hydroxylation sites is 1. The van der Waals surface area contributed by atoms with E-state index in [9.17, 15) is 4.79 Å². The van der Waals surface area contributed by atoms with Gasteiger partial charge in [0.15, 0.2) is 0 Å². The minimum absolute atomic E-state index is 0.142. The maximum absolute atomic E-state index is 12.4. The lowest BCUT2D eigenvalue weighted by atomic mass is 10.1. The molecule has 0 N–H and O–H groups in total. The standard InChI is InChI=1S/C20H17NO/c1-3-15-8-10-16(11-9-15)12-13-20(22)18-14-21(2)19-7-5-4-6-17(18)19/h4-11,14H,3H2,1-2H3. The zero-order chi connectivity index (χ0) is 15.5. The molecule has 3 rings (SSSR count). The molecule has 1 aromatic heterocycles. The number of carbonyl (C=O) groups is 1. The molecular weight excluding hydrogens is 270 g/mol. The molecule has 0 spiro atoms. The molecule has 0 aliphatic rings. The summed E-state index contributed by atoms with van der Waals surface area (Å²) in [4.78, 5) is 12.4. The second kappa shape index (κ2) is 5.91. The Hall–Kier alpha value is -2.79. The van der Waals surface area contributed by atoms with Gasteiger partial charge < -0.3 is 4.57 Å². The monoisotopic (exact) mass is 287 g/mol. The minimum atomic E-state index is -0.142. The molecule has 3 aromatic rings. The van der Waals surface area contributed by atoms with E-state index in [1.165, 1.54) is 5.56 Å². The van der Waals surface area contributed by atoms with Crippen LogP contribution >= 0.6 is 0 Å². The molecule has 2 nitrogen and oxygen atoms in total. The molecule has 2 aromatic carbocycles. The third-order valence-corrected chi connectivity index (χ3v) is 3.82. The van der Waals surface area contributed by atoms with Crippen LogP contribution in [0.5, 0.6) is 0 Å². The fraction of sp³-hybridized carbons (Fsp3) is 0.150. The molecule has 1 heterocycles. The first-order valence-corrected chi connectivity index (χ1v) is 7.38. The zero-order valence-electron chi connectivity index (χ0n) is 12.8. The van der Waals surface area contributed by atoms with Crippen LogP contribution in [0.4, 0.5) is 0 Å². The van der Waals surface area contributed by atoms with Gasteiger partial charge in [0.25, 0.3) is 0 Å². The maximum atomic E-state index is 12.4. The molecule has 0 saturated carbocycles. The average molecular weight is 287 g/mol. The number of carbonyl (C=O) groups excluding carboxylic acids is 1. The van der Waals surface area contributed by atoms with Gasteiger partial charge in [-0.1, -0.05) is 43.2 Å². The van der Waals surface area contributed by atoms with Crippen LogP contribution in [0, 0.1) is 11.8 Å². The summed E-state index contributed by atoms with van der Waals surface area (Å²) in [6.07, 6.45) is 2.85. The Morgan fingerprint density at radius 2 is 1.82 bits per heavy atom.